The first-order valence-electron chi connectivity index (χ1n) is 6.76. The average Bonchev–Trinajstić information content (AvgIpc) is 3.19. The van der Waals surface area contributed by atoms with Crippen LogP contribution < -0.4 is 10.1 Å². The van der Waals surface area contributed by atoms with Gasteiger partial charge in [0.1, 0.15) is 5.75 Å². The maximum absolute atomic E-state index is 5.15. The lowest BCUT2D eigenvalue weighted by Gasteiger charge is -2.09. The Kier molecular flexibility index (Phi) is 3.40. The summed E-state index contributed by atoms with van der Waals surface area (Å²) in [7, 11) is 1.69. The van der Waals surface area contributed by atoms with Crippen molar-refractivity contribution in [2.45, 2.75) is 25.3 Å². The van der Waals surface area contributed by atoms with Crippen molar-refractivity contribution in [3.8, 4) is 5.75 Å². The summed E-state index contributed by atoms with van der Waals surface area (Å²) in [6.45, 7) is 0.899. The number of rotatable bonds is 6. The van der Waals surface area contributed by atoms with Crippen LogP contribution in [0.4, 0.5) is 5.95 Å². The summed E-state index contributed by atoms with van der Waals surface area (Å²) in [5.74, 6) is 1.90. The fraction of sp³-hybridized carbons (Fsp3) is 0.400. The van der Waals surface area contributed by atoms with Crippen LogP contribution in [0.5, 0.6) is 5.75 Å². The Hall–Kier alpha value is -1.97. The fourth-order valence-electron chi connectivity index (χ4n) is 2.21. The number of nitrogens with one attached hydrogen (secondary N) is 1. The lowest BCUT2D eigenvalue weighted by Crippen LogP contribution is -2.09. The van der Waals surface area contributed by atoms with Crippen LogP contribution in [0.25, 0.3) is 0 Å². The van der Waals surface area contributed by atoms with Gasteiger partial charge in [0.25, 0.3) is 0 Å². The van der Waals surface area contributed by atoms with Gasteiger partial charge in [-0.15, -0.1) is 0 Å². The molecule has 100 valence electrons. The first kappa shape index (κ1) is 12.1. The molecule has 0 bridgehead atoms. The van der Waals surface area contributed by atoms with Crippen LogP contribution in [-0.4, -0.2) is 23.2 Å². The number of methoxy groups -OCH3 is 1. The minimum absolute atomic E-state index is 0.672. The van der Waals surface area contributed by atoms with Gasteiger partial charge in [0, 0.05) is 25.0 Å². The molecule has 1 aliphatic carbocycles. The predicted octanol–water partition coefficient (Wildman–Crippen LogP) is 2.88. The Bertz CT molecular complexity index is 529. The van der Waals surface area contributed by atoms with E-state index in [9.17, 15) is 0 Å². The van der Waals surface area contributed by atoms with Gasteiger partial charge in [-0.2, -0.15) is 0 Å². The molecule has 1 heterocycles. The topological polar surface area (TPSA) is 39.1 Å². The van der Waals surface area contributed by atoms with Crippen molar-refractivity contribution in [2.75, 3.05) is 19.0 Å². The van der Waals surface area contributed by atoms with E-state index in [1.54, 1.807) is 7.11 Å². The lowest BCUT2D eigenvalue weighted by atomic mass is 10.1. The van der Waals surface area contributed by atoms with E-state index in [4.69, 9.17) is 4.74 Å². The summed E-state index contributed by atoms with van der Waals surface area (Å²) >= 11 is 0. The first-order valence-corrected chi connectivity index (χ1v) is 6.76. The largest absolute Gasteiger partial charge is 0.497 e. The molecule has 1 aliphatic rings. The molecule has 1 aromatic heterocycles. The number of nitrogens with zero attached hydrogens (tertiary/aromatic N) is 2. The predicted molar refractivity (Wildman–Crippen MR) is 75.7 cm³/mol. The number of aromatic nitrogens is 2. The number of ether oxygens (including phenoxy) is 1. The second-order valence-corrected chi connectivity index (χ2v) is 4.91. The molecule has 0 unspecified atom stereocenters. The van der Waals surface area contributed by atoms with Gasteiger partial charge < -0.3 is 14.6 Å². The molecule has 19 heavy (non-hydrogen) atoms. The SMILES string of the molecule is COc1ccc(CCNc2nccn2C2CC2)cc1. The minimum Gasteiger partial charge on any atom is -0.497 e. The molecule has 0 amide bonds. The van der Waals surface area contributed by atoms with Gasteiger partial charge in [-0.25, -0.2) is 4.98 Å². The van der Waals surface area contributed by atoms with E-state index < -0.39 is 0 Å². The van der Waals surface area contributed by atoms with E-state index in [0.717, 1.165) is 24.7 Å². The molecule has 4 nitrogen and oxygen atoms in total. The molecule has 0 radical (unpaired) electrons. The van der Waals surface area contributed by atoms with Crippen molar-refractivity contribution in [3.63, 3.8) is 0 Å². The lowest BCUT2D eigenvalue weighted by molar-refractivity contribution is 0.414. The average molecular weight is 257 g/mol. The van der Waals surface area contributed by atoms with Gasteiger partial charge in [0.15, 0.2) is 0 Å². The van der Waals surface area contributed by atoms with E-state index >= 15 is 0 Å². The molecule has 4 heteroatoms. The van der Waals surface area contributed by atoms with Crippen LogP contribution in [0, 0.1) is 0 Å². The summed E-state index contributed by atoms with van der Waals surface area (Å²) in [5, 5.41) is 3.41. The molecule has 0 aliphatic heterocycles. The quantitative estimate of drug-likeness (QED) is 0.865. The Morgan fingerprint density at radius 3 is 2.79 bits per heavy atom. The van der Waals surface area contributed by atoms with E-state index in [2.05, 4.69) is 33.2 Å². The monoisotopic (exact) mass is 257 g/mol. The highest BCUT2D eigenvalue weighted by atomic mass is 16.5. The van der Waals surface area contributed by atoms with Crippen LogP contribution in [0.3, 0.4) is 0 Å². The number of hydrogen-bond donors (Lipinski definition) is 1. The summed E-state index contributed by atoms with van der Waals surface area (Å²) < 4.78 is 7.40. The third kappa shape index (κ3) is 2.89. The minimum atomic E-state index is 0.672. The molecular formula is C15H19N3O. The number of anilines is 1. The zero-order valence-corrected chi connectivity index (χ0v) is 11.2. The van der Waals surface area contributed by atoms with Crippen LogP contribution in [0.15, 0.2) is 36.7 Å². The number of benzene rings is 1. The maximum atomic E-state index is 5.15. The molecule has 1 N–H and O–H groups in total. The van der Waals surface area contributed by atoms with Crippen molar-refractivity contribution in [1.82, 2.24) is 9.55 Å². The van der Waals surface area contributed by atoms with E-state index in [1.807, 2.05) is 18.3 Å². The van der Waals surface area contributed by atoms with E-state index in [-0.39, 0.29) is 0 Å². The molecule has 3 rings (SSSR count). The molecule has 0 atom stereocenters. The fourth-order valence-corrected chi connectivity index (χ4v) is 2.21. The number of imidazole rings is 1. The van der Waals surface area contributed by atoms with Gasteiger partial charge in [-0.05, 0) is 37.0 Å². The normalized spacial score (nSPS) is 14.4. The Morgan fingerprint density at radius 1 is 1.32 bits per heavy atom. The molecular weight excluding hydrogens is 238 g/mol. The van der Waals surface area contributed by atoms with Gasteiger partial charge in [-0.3, -0.25) is 0 Å². The maximum Gasteiger partial charge on any atom is 0.203 e. The van der Waals surface area contributed by atoms with Gasteiger partial charge in [0.2, 0.25) is 5.95 Å². The first-order chi connectivity index (χ1) is 9.36. The summed E-state index contributed by atoms with van der Waals surface area (Å²) in [6, 6.07) is 8.88. The zero-order valence-electron chi connectivity index (χ0n) is 11.2. The Morgan fingerprint density at radius 2 is 2.11 bits per heavy atom. The van der Waals surface area contributed by atoms with Crippen LogP contribution >= 0.6 is 0 Å². The molecule has 1 aromatic carbocycles. The van der Waals surface area contributed by atoms with E-state index in [0.29, 0.717) is 6.04 Å². The molecule has 1 fully saturated rings. The molecule has 1 saturated carbocycles. The van der Waals surface area contributed by atoms with Crippen molar-refractivity contribution >= 4 is 5.95 Å². The number of hydrogen-bond acceptors (Lipinski definition) is 3. The van der Waals surface area contributed by atoms with Gasteiger partial charge >= 0.3 is 0 Å². The zero-order chi connectivity index (χ0) is 13.1. The standard InChI is InChI=1S/C15H19N3O/c1-19-14-6-2-12(3-7-14)8-9-16-15-17-10-11-18(15)13-4-5-13/h2-3,6-7,10-11,13H,4-5,8-9H2,1H3,(H,16,17). The summed E-state index contributed by atoms with van der Waals surface area (Å²) in [6.07, 6.45) is 7.48. The highest BCUT2D eigenvalue weighted by molar-refractivity contribution is 5.30. The highest BCUT2D eigenvalue weighted by Gasteiger charge is 2.25. The molecule has 0 spiro atoms. The van der Waals surface area contributed by atoms with Gasteiger partial charge in [0.05, 0.1) is 7.11 Å². The summed E-state index contributed by atoms with van der Waals surface area (Å²) in [5.41, 5.74) is 1.30. The molecule has 2 aromatic rings. The van der Waals surface area contributed by atoms with Crippen LogP contribution in [0.1, 0.15) is 24.4 Å². The Balaban J connectivity index is 1.53. The van der Waals surface area contributed by atoms with Crippen LogP contribution in [0.2, 0.25) is 0 Å². The van der Waals surface area contributed by atoms with Crippen molar-refractivity contribution in [3.05, 3.63) is 42.2 Å². The molecule has 0 saturated heterocycles. The van der Waals surface area contributed by atoms with Crippen molar-refractivity contribution < 1.29 is 4.74 Å². The smallest absolute Gasteiger partial charge is 0.203 e. The van der Waals surface area contributed by atoms with Crippen LogP contribution in [-0.2, 0) is 6.42 Å². The van der Waals surface area contributed by atoms with Crippen molar-refractivity contribution in [1.29, 1.82) is 0 Å². The van der Waals surface area contributed by atoms with Gasteiger partial charge in [-0.1, -0.05) is 12.1 Å². The second kappa shape index (κ2) is 5.34. The third-order valence-corrected chi connectivity index (χ3v) is 3.46. The van der Waals surface area contributed by atoms with Crippen molar-refractivity contribution in [2.24, 2.45) is 0 Å². The van der Waals surface area contributed by atoms with E-state index in [1.165, 1.54) is 18.4 Å². The highest BCUT2D eigenvalue weighted by Crippen LogP contribution is 2.36. The second-order valence-electron chi connectivity index (χ2n) is 4.91. The Labute approximate surface area is 113 Å². The summed E-state index contributed by atoms with van der Waals surface area (Å²) in [4.78, 5) is 4.37. The third-order valence-electron chi connectivity index (χ3n) is 3.46.